The Hall–Kier alpha value is -2.66. The molecule has 0 unspecified atom stereocenters. The zero-order chi connectivity index (χ0) is 18.4. The lowest BCUT2D eigenvalue weighted by Gasteiger charge is -2.09. The first-order valence-electron chi connectivity index (χ1n) is 8.97. The number of methoxy groups -OCH3 is 1. The fourth-order valence-electron chi connectivity index (χ4n) is 3.00. The second-order valence-electron chi connectivity index (χ2n) is 6.39. The van der Waals surface area contributed by atoms with E-state index < -0.39 is 0 Å². The fraction of sp³-hybridized carbons (Fsp3) is 0.333. The molecule has 0 atom stereocenters. The van der Waals surface area contributed by atoms with E-state index >= 15 is 0 Å². The van der Waals surface area contributed by atoms with Crippen LogP contribution in [0.3, 0.4) is 0 Å². The molecule has 2 aromatic carbocycles. The lowest BCUT2D eigenvalue weighted by atomic mass is 10.1. The molecule has 136 valence electrons. The van der Waals surface area contributed by atoms with E-state index in [0.29, 0.717) is 18.7 Å². The predicted molar refractivity (Wildman–Crippen MR) is 103 cm³/mol. The van der Waals surface area contributed by atoms with Crippen LogP contribution >= 0.6 is 0 Å². The van der Waals surface area contributed by atoms with E-state index in [0.717, 1.165) is 41.8 Å². The number of para-hydroxylation sites is 2. The van der Waals surface area contributed by atoms with Crippen molar-refractivity contribution in [3.8, 4) is 0 Å². The van der Waals surface area contributed by atoms with Crippen LogP contribution in [0, 0.1) is 6.92 Å². The van der Waals surface area contributed by atoms with Gasteiger partial charge in [-0.3, -0.25) is 4.79 Å². The van der Waals surface area contributed by atoms with Gasteiger partial charge in [0.05, 0.1) is 17.6 Å². The van der Waals surface area contributed by atoms with Gasteiger partial charge in [0.25, 0.3) is 5.91 Å². The van der Waals surface area contributed by atoms with Crippen molar-refractivity contribution in [2.75, 3.05) is 20.3 Å². The van der Waals surface area contributed by atoms with Crippen LogP contribution in [0.15, 0.2) is 48.5 Å². The molecule has 0 saturated carbocycles. The summed E-state index contributed by atoms with van der Waals surface area (Å²) in [5, 5.41) is 2.98. The van der Waals surface area contributed by atoms with Crippen LogP contribution in [0.25, 0.3) is 11.0 Å². The molecule has 0 bridgehead atoms. The van der Waals surface area contributed by atoms with E-state index in [1.54, 1.807) is 7.11 Å². The van der Waals surface area contributed by atoms with Crippen molar-refractivity contribution in [3.05, 3.63) is 65.5 Å². The lowest BCUT2D eigenvalue weighted by molar-refractivity contribution is 0.0953. The highest BCUT2D eigenvalue weighted by molar-refractivity contribution is 5.94. The first kappa shape index (κ1) is 18.1. The van der Waals surface area contributed by atoms with E-state index in [2.05, 4.69) is 16.0 Å². The largest absolute Gasteiger partial charge is 0.383 e. The van der Waals surface area contributed by atoms with E-state index in [-0.39, 0.29) is 5.91 Å². The van der Waals surface area contributed by atoms with E-state index in [1.165, 1.54) is 0 Å². The number of amides is 1. The molecule has 0 fully saturated rings. The fourth-order valence-corrected chi connectivity index (χ4v) is 3.00. The highest BCUT2D eigenvalue weighted by Gasteiger charge is 2.10. The first-order valence-corrected chi connectivity index (χ1v) is 8.97. The molecule has 1 aromatic heterocycles. The van der Waals surface area contributed by atoms with Crippen LogP contribution in [0.2, 0.25) is 0 Å². The number of benzene rings is 2. The predicted octanol–water partition coefficient (Wildman–Crippen LogP) is 3.35. The maximum absolute atomic E-state index is 12.2. The third-order valence-corrected chi connectivity index (χ3v) is 4.43. The van der Waals surface area contributed by atoms with Gasteiger partial charge in [-0.05, 0) is 37.6 Å². The van der Waals surface area contributed by atoms with Crippen LogP contribution < -0.4 is 5.32 Å². The summed E-state index contributed by atoms with van der Waals surface area (Å²) in [6, 6.07) is 15.8. The number of carbonyl (C=O) groups is 1. The van der Waals surface area contributed by atoms with Crippen molar-refractivity contribution in [1.82, 2.24) is 14.9 Å². The van der Waals surface area contributed by atoms with E-state index in [9.17, 15) is 4.79 Å². The lowest BCUT2D eigenvalue weighted by Crippen LogP contribution is -2.25. The number of nitrogens with zero attached hydrogens (tertiary/aromatic N) is 2. The molecule has 0 aliphatic carbocycles. The maximum atomic E-state index is 12.2. The molecule has 1 heterocycles. The van der Waals surface area contributed by atoms with E-state index in [1.807, 2.05) is 49.4 Å². The summed E-state index contributed by atoms with van der Waals surface area (Å²) in [4.78, 5) is 16.9. The number of nitrogens with one attached hydrogen (secondary N) is 1. The summed E-state index contributed by atoms with van der Waals surface area (Å²) >= 11 is 0. The normalized spacial score (nSPS) is 11.0. The molecule has 0 aliphatic rings. The number of carbonyl (C=O) groups excluding carboxylic acids is 1. The van der Waals surface area contributed by atoms with Gasteiger partial charge in [0.15, 0.2) is 0 Å². The van der Waals surface area contributed by atoms with Crippen molar-refractivity contribution in [3.63, 3.8) is 0 Å². The van der Waals surface area contributed by atoms with Crippen LogP contribution in [0.5, 0.6) is 0 Å². The smallest absolute Gasteiger partial charge is 0.251 e. The van der Waals surface area contributed by atoms with Crippen LogP contribution in [0.1, 0.15) is 28.2 Å². The summed E-state index contributed by atoms with van der Waals surface area (Å²) in [5.41, 5.74) is 3.98. The Kier molecular flexibility index (Phi) is 6.02. The minimum Gasteiger partial charge on any atom is -0.383 e. The molecule has 0 spiro atoms. The molecular formula is C21H25N3O2. The molecule has 1 N–H and O–H groups in total. The molecule has 3 rings (SSSR count). The highest BCUT2D eigenvalue weighted by atomic mass is 16.5. The summed E-state index contributed by atoms with van der Waals surface area (Å²) in [7, 11) is 1.71. The SMILES string of the molecule is COCCn1c(CCCNC(=O)c2ccc(C)cc2)nc2ccccc21. The molecule has 5 heteroatoms. The van der Waals surface area contributed by atoms with Gasteiger partial charge in [-0.2, -0.15) is 0 Å². The topological polar surface area (TPSA) is 56.1 Å². The summed E-state index contributed by atoms with van der Waals surface area (Å²) in [6.45, 7) is 4.07. The Bertz CT molecular complexity index is 869. The number of rotatable bonds is 8. The number of aromatic nitrogens is 2. The number of hydrogen-bond donors (Lipinski definition) is 1. The van der Waals surface area contributed by atoms with Gasteiger partial charge in [0, 0.05) is 32.2 Å². The van der Waals surface area contributed by atoms with Gasteiger partial charge in [0.2, 0.25) is 0 Å². The molecule has 1 amide bonds. The Balaban J connectivity index is 1.59. The number of fused-ring (bicyclic) bond motifs is 1. The highest BCUT2D eigenvalue weighted by Crippen LogP contribution is 2.17. The van der Waals surface area contributed by atoms with Crippen LogP contribution in [0.4, 0.5) is 0 Å². The number of imidazole rings is 1. The minimum atomic E-state index is -0.0297. The average Bonchev–Trinajstić information content (AvgIpc) is 3.01. The van der Waals surface area contributed by atoms with Gasteiger partial charge in [0.1, 0.15) is 5.82 Å². The molecule has 26 heavy (non-hydrogen) atoms. The van der Waals surface area contributed by atoms with Gasteiger partial charge in [-0.25, -0.2) is 4.98 Å². The molecular weight excluding hydrogens is 326 g/mol. The Morgan fingerprint density at radius 1 is 1.15 bits per heavy atom. The Morgan fingerprint density at radius 2 is 1.92 bits per heavy atom. The quantitative estimate of drug-likeness (QED) is 0.633. The number of aryl methyl sites for hydroxylation is 2. The standard InChI is InChI=1S/C21H25N3O2/c1-16-9-11-17(12-10-16)21(25)22-13-5-8-20-23-18-6-3-4-7-19(18)24(20)14-15-26-2/h3-4,6-7,9-12H,5,8,13-15H2,1-2H3,(H,22,25). The zero-order valence-corrected chi connectivity index (χ0v) is 15.4. The molecule has 0 aliphatic heterocycles. The number of ether oxygens (including phenoxy) is 1. The monoisotopic (exact) mass is 351 g/mol. The van der Waals surface area contributed by atoms with Crippen molar-refractivity contribution in [2.45, 2.75) is 26.3 Å². The van der Waals surface area contributed by atoms with Gasteiger partial charge in [-0.1, -0.05) is 29.8 Å². The Morgan fingerprint density at radius 3 is 2.69 bits per heavy atom. The van der Waals surface area contributed by atoms with Crippen molar-refractivity contribution in [2.24, 2.45) is 0 Å². The maximum Gasteiger partial charge on any atom is 0.251 e. The number of hydrogen-bond acceptors (Lipinski definition) is 3. The van der Waals surface area contributed by atoms with Crippen molar-refractivity contribution >= 4 is 16.9 Å². The second kappa shape index (κ2) is 8.63. The van der Waals surface area contributed by atoms with Gasteiger partial charge >= 0.3 is 0 Å². The summed E-state index contributed by atoms with van der Waals surface area (Å²) in [6.07, 6.45) is 1.65. The third-order valence-electron chi connectivity index (χ3n) is 4.43. The summed E-state index contributed by atoms with van der Waals surface area (Å²) in [5.74, 6) is 1.01. The molecule has 3 aromatic rings. The van der Waals surface area contributed by atoms with Crippen LogP contribution in [-0.2, 0) is 17.7 Å². The van der Waals surface area contributed by atoms with Crippen LogP contribution in [-0.4, -0.2) is 35.7 Å². The molecule has 0 radical (unpaired) electrons. The summed E-state index contributed by atoms with van der Waals surface area (Å²) < 4.78 is 7.44. The minimum absolute atomic E-state index is 0.0297. The first-order chi connectivity index (χ1) is 12.7. The average molecular weight is 351 g/mol. The van der Waals surface area contributed by atoms with Gasteiger partial charge < -0.3 is 14.6 Å². The third kappa shape index (κ3) is 4.29. The van der Waals surface area contributed by atoms with Gasteiger partial charge in [-0.15, -0.1) is 0 Å². The van der Waals surface area contributed by atoms with Crippen molar-refractivity contribution < 1.29 is 9.53 Å². The van der Waals surface area contributed by atoms with Crippen molar-refractivity contribution in [1.29, 1.82) is 0 Å². The van der Waals surface area contributed by atoms with E-state index in [4.69, 9.17) is 9.72 Å². The zero-order valence-electron chi connectivity index (χ0n) is 15.4. The Labute approximate surface area is 154 Å². The molecule has 0 saturated heterocycles. The molecule has 5 nitrogen and oxygen atoms in total. The second-order valence-corrected chi connectivity index (χ2v) is 6.39.